The number of piperidine rings is 1. The summed E-state index contributed by atoms with van der Waals surface area (Å²) in [5, 5.41) is 9.05. The van der Waals surface area contributed by atoms with Crippen molar-refractivity contribution in [1.82, 2.24) is 9.29 Å². The van der Waals surface area contributed by atoms with Gasteiger partial charge in [0.2, 0.25) is 0 Å². The van der Waals surface area contributed by atoms with Crippen molar-refractivity contribution in [3.63, 3.8) is 0 Å². The van der Waals surface area contributed by atoms with Crippen LogP contribution < -0.4 is 0 Å². The quantitative estimate of drug-likeness (QED) is 0.919. The first-order chi connectivity index (χ1) is 9.25. The molecule has 0 aliphatic carbocycles. The third-order valence-corrected chi connectivity index (χ3v) is 7.12. The minimum Gasteiger partial charge on any atom is -0.476 e. The second kappa shape index (κ2) is 5.42. The maximum atomic E-state index is 12.7. The summed E-state index contributed by atoms with van der Waals surface area (Å²) < 4.78 is 26.7. The van der Waals surface area contributed by atoms with Crippen LogP contribution in [0.1, 0.15) is 37.7 Å². The van der Waals surface area contributed by atoms with Crippen molar-refractivity contribution in [2.45, 2.75) is 37.4 Å². The highest BCUT2D eigenvalue weighted by Gasteiger charge is 2.39. The number of carboxylic acid groups (broad SMARTS) is 1. The fourth-order valence-corrected chi connectivity index (χ4v) is 5.75. The van der Waals surface area contributed by atoms with Crippen molar-refractivity contribution < 1.29 is 18.3 Å². The van der Waals surface area contributed by atoms with E-state index in [1.807, 2.05) is 20.8 Å². The SMILES string of the molecule is CC1CC(C)C(C)N(S(=O)(=O)c2scnc2C(=O)O)C1. The number of hydrogen-bond acceptors (Lipinski definition) is 5. The molecule has 1 fully saturated rings. The number of carboxylic acids is 1. The Morgan fingerprint density at radius 3 is 2.70 bits per heavy atom. The van der Waals surface area contributed by atoms with E-state index in [2.05, 4.69) is 4.98 Å². The first-order valence-corrected chi connectivity index (χ1v) is 8.75. The van der Waals surface area contributed by atoms with Crippen LogP contribution in [0.3, 0.4) is 0 Å². The van der Waals surface area contributed by atoms with Crippen LogP contribution in [0.5, 0.6) is 0 Å². The Kier molecular flexibility index (Phi) is 4.17. The highest BCUT2D eigenvalue weighted by Crippen LogP contribution is 2.33. The highest BCUT2D eigenvalue weighted by molar-refractivity contribution is 7.91. The van der Waals surface area contributed by atoms with Crippen molar-refractivity contribution in [3.8, 4) is 0 Å². The molecule has 2 heterocycles. The molecule has 8 heteroatoms. The van der Waals surface area contributed by atoms with Crippen molar-refractivity contribution in [1.29, 1.82) is 0 Å². The maximum absolute atomic E-state index is 12.7. The molecule has 0 amide bonds. The van der Waals surface area contributed by atoms with E-state index in [1.54, 1.807) is 0 Å². The molecule has 0 aromatic carbocycles. The van der Waals surface area contributed by atoms with Crippen LogP contribution in [0.15, 0.2) is 9.72 Å². The molecule has 6 nitrogen and oxygen atoms in total. The molecule has 1 aromatic heterocycles. The number of carbonyl (C=O) groups is 1. The monoisotopic (exact) mass is 318 g/mol. The molecule has 20 heavy (non-hydrogen) atoms. The van der Waals surface area contributed by atoms with Crippen LogP contribution in [0.4, 0.5) is 0 Å². The Balaban J connectivity index is 2.44. The van der Waals surface area contributed by atoms with Crippen LogP contribution in [0.2, 0.25) is 0 Å². The number of rotatable bonds is 3. The predicted molar refractivity (Wildman–Crippen MR) is 75.4 cm³/mol. The number of nitrogens with zero attached hydrogens (tertiary/aromatic N) is 2. The van der Waals surface area contributed by atoms with Gasteiger partial charge in [-0.05, 0) is 25.2 Å². The van der Waals surface area contributed by atoms with Gasteiger partial charge in [-0.3, -0.25) is 0 Å². The van der Waals surface area contributed by atoms with E-state index in [0.717, 1.165) is 17.8 Å². The molecule has 1 saturated heterocycles. The van der Waals surface area contributed by atoms with Crippen molar-refractivity contribution in [2.24, 2.45) is 11.8 Å². The predicted octanol–water partition coefficient (Wildman–Crippen LogP) is 1.90. The summed E-state index contributed by atoms with van der Waals surface area (Å²) in [7, 11) is -3.80. The van der Waals surface area contributed by atoms with Crippen LogP contribution >= 0.6 is 11.3 Å². The van der Waals surface area contributed by atoms with Gasteiger partial charge < -0.3 is 5.11 Å². The molecule has 1 N–H and O–H groups in total. The number of sulfonamides is 1. The Labute approximate surface area is 122 Å². The van der Waals surface area contributed by atoms with Gasteiger partial charge in [-0.2, -0.15) is 4.31 Å². The van der Waals surface area contributed by atoms with Gasteiger partial charge in [0.05, 0.1) is 5.51 Å². The van der Waals surface area contributed by atoms with E-state index in [4.69, 9.17) is 5.11 Å². The summed E-state index contributed by atoms with van der Waals surface area (Å²) in [4.78, 5) is 14.7. The molecule has 0 saturated carbocycles. The van der Waals surface area contributed by atoms with Crippen molar-refractivity contribution in [3.05, 3.63) is 11.2 Å². The number of aromatic carboxylic acids is 1. The zero-order valence-corrected chi connectivity index (χ0v) is 13.2. The third-order valence-electron chi connectivity index (χ3n) is 3.82. The second-order valence-electron chi connectivity index (χ2n) is 5.43. The molecule has 1 aliphatic rings. The van der Waals surface area contributed by atoms with Crippen LogP contribution in [-0.2, 0) is 10.0 Å². The lowest BCUT2D eigenvalue weighted by Crippen LogP contribution is -2.48. The average Bonchev–Trinajstić information content (AvgIpc) is 2.83. The molecule has 2 rings (SSSR count). The topological polar surface area (TPSA) is 87.6 Å². The van der Waals surface area contributed by atoms with Crippen LogP contribution in [-0.4, -0.2) is 41.4 Å². The molecule has 0 radical (unpaired) electrons. The number of aromatic nitrogens is 1. The molecule has 1 aromatic rings. The maximum Gasteiger partial charge on any atom is 0.356 e. The molecule has 0 bridgehead atoms. The lowest BCUT2D eigenvalue weighted by Gasteiger charge is -2.39. The van der Waals surface area contributed by atoms with Crippen LogP contribution in [0, 0.1) is 11.8 Å². The largest absolute Gasteiger partial charge is 0.476 e. The Bertz CT molecular complexity index is 611. The Hall–Kier alpha value is -0.990. The fourth-order valence-electron chi connectivity index (χ4n) is 2.65. The van der Waals surface area contributed by atoms with Gasteiger partial charge in [-0.1, -0.05) is 13.8 Å². The second-order valence-corrected chi connectivity index (χ2v) is 8.37. The van der Waals surface area contributed by atoms with Gasteiger partial charge in [-0.15, -0.1) is 11.3 Å². The van der Waals surface area contributed by atoms with Crippen LogP contribution in [0.25, 0.3) is 0 Å². The van der Waals surface area contributed by atoms with Gasteiger partial charge in [-0.25, -0.2) is 18.2 Å². The van der Waals surface area contributed by atoms with E-state index in [9.17, 15) is 13.2 Å². The number of thiazole rings is 1. The molecule has 3 atom stereocenters. The molecule has 3 unspecified atom stereocenters. The van der Waals surface area contributed by atoms with Crippen molar-refractivity contribution in [2.75, 3.05) is 6.54 Å². The first-order valence-electron chi connectivity index (χ1n) is 6.43. The Morgan fingerprint density at radius 1 is 1.45 bits per heavy atom. The molecular weight excluding hydrogens is 300 g/mol. The third kappa shape index (κ3) is 2.59. The summed E-state index contributed by atoms with van der Waals surface area (Å²) in [6.45, 7) is 6.32. The van der Waals surface area contributed by atoms with Crippen molar-refractivity contribution >= 4 is 27.3 Å². The minimum atomic E-state index is -3.80. The molecular formula is C12H18N2O4S2. The normalized spacial score (nSPS) is 28.4. The summed E-state index contributed by atoms with van der Waals surface area (Å²) in [5.41, 5.74) is 0.880. The van der Waals surface area contributed by atoms with E-state index < -0.39 is 16.0 Å². The standard InChI is InChI=1S/C12H18N2O4S2/c1-7-4-8(2)9(3)14(5-7)20(17,18)12-10(11(15)16)13-6-19-12/h6-9H,4-5H2,1-3H3,(H,15,16). The molecule has 1 aliphatic heterocycles. The van der Waals surface area contributed by atoms with E-state index in [1.165, 1.54) is 9.82 Å². The molecule has 0 spiro atoms. The van der Waals surface area contributed by atoms with E-state index in [0.29, 0.717) is 6.54 Å². The van der Waals surface area contributed by atoms with E-state index >= 15 is 0 Å². The summed E-state index contributed by atoms with van der Waals surface area (Å²) in [6.07, 6.45) is 0.974. The Morgan fingerprint density at radius 2 is 2.10 bits per heavy atom. The van der Waals surface area contributed by atoms with E-state index in [-0.39, 0.29) is 27.8 Å². The first kappa shape index (κ1) is 15.4. The minimum absolute atomic E-state index is 0.139. The van der Waals surface area contributed by atoms with Gasteiger partial charge in [0.1, 0.15) is 0 Å². The average molecular weight is 318 g/mol. The highest BCUT2D eigenvalue weighted by atomic mass is 32.2. The van der Waals surface area contributed by atoms with Gasteiger partial charge in [0.15, 0.2) is 9.90 Å². The number of hydrogen-bond donors (Lipinski definition) is 1. The molecule has 112 valence electrons. The summed E-state index contributed by atoms with van der Waals surface area (Å²) in [5.74, 6) is -0.803. The zero-order valence-electron chi connectivity index (χ0n) is 11.6. The summed E-state index contributed by atoms with van der Waals surface area (Å²) in [6, 6.07) is -0.139. The lowest BCUT2D eigenvalue weighted by molar-refractivity contribution is 0.0686. The summed E-state index contributed by atoms with van der Waals surface area (Å²) >= 11 is 0.861. The fraction of sp³-hybridized carbons (Fsp3) is 0.667. The van der Waals surface area contributed by atoms with Gasteiger partial charge in [0, 0.05) is 12.6 Å². The smallest absolute Gasteiger partial charge is 0.356 e. The lowest BCUT2D eigenvalue weighted by atomic mass is 9.88. The van der Waals surface area contributed by atoms with Gasteiger partial charge in [0.25, 0.3) is 10.0 Å². The zero-order chi connectivity index (χ0) is 15.1. The van der Waals surface area contributed by atoms with Gasteiger partial charge >= 0.3 is 5.97 Å².